The maximum absolute atomic E-state index is 5.96. The fourth-order valence-corrected chi connectivity index (χ4v) is 4.35. The van der Waals surface area contributed by atoms with Crippen LogP contribution in [0.3, 0.4) is 0 Å². The van der Waals surface area contributed by atoms with Gasteiger partial charge in [0, 0.05) is 16.9 Å². The SMILES string of the molecule is CCCNC(c1ccc(C)s1)C(OC)C1CCCCC1. The Morgan fingerprint density at radius 2 is 2.05 bits per heavy atom. The molecule has 1 aromatic rings. The number of methoxy groups -OCH3 is 1. The van der Waals surface area contributed by atoms with Crippen LogP contribution in [0.15, 0.2) is 12.1 Å². The first kappa shape index (κ1) is 16.0. The molecule has 1 saturated carbocycles. The zero-order valence-electron chi connectivity index (χ0n) is 13.2. The first-order valence-corrected chi connectivity index (χ1v) is 8.90. The van der Waals surface area contributed by atoms with Gasteiger partial charge < -0.3 is 10.1 Å². The van der Waals surface area contributed by atoms with Crippen molar-refractivity contribution in [3.8, 4) is 0 Å². The second-order valence-electron chi connectivity index (χ2n) is 5.98. The standard InChI is InChI=1S/C17H29NOS/c1-4-12-18-16(15-11-10-13(2)20-15)17(19-3)14-8-6-5-7-9-14/h10-11,14,16-18H,4-9,12H2,1-3H3. The van der Waals surface area contributed by atoms with Gasteiger partial charge in [-0.3, -0.25) is 0 Å². The molecule has 0 aromatic carbocycles. The lowest BCUT2D eigenvalue weighted by Crippen LogP contribution is -2.39. The maximum Gasteiger partial charge on any atom is 0.0802 e. The van der Waals surface area contributed by atoms with Crippen LogP contribution in [0.5, 0.6) is 0 Å². The summed E-state index contributed by atoms with van der Waals surface area (Å²) in [4.78, 5) is 2.83. The van der Waals surface area contributed by atoms with Gasteiger partial charge in [-0.1, -0.05) is 26.2 Å². The van der Waals surface area contributed by atoms with E-state index < -0.39 is 0 Å². The lowest BCUT2D eigenvalue weighted by molar-refractivity contribution is 0.00844. The summed E-state index contributed by atoms with van der Waals surface area (Å²) < 4.78 is 5.96. The predicted octanol–water partition coefficient (Wildman–Crippen LogP) is 4.69. The van der Waals surface area contributed by atoms with Gasteiger partial charge in [0.05, 0.1) is 12.1 Å². The van der Waals surface area contributed by atoms with E-state index in [1.807, 2.05) is 18.4 Å². The Bertz CT molecular complexity index is 384. The molecular weight excluding hydrogens is 266 g/mol. The molecule has 2 atom stereocenters. The van der Waals surface area contributed by atoms with Gasteiger partial charge >= 0.3 is 0 Å². The van der Waals surface area contributed by atoms with Crippen molar-refractivity contribution >= 4 is 11.3 Å². The summed E-state index contributed by atoms with van der Waals surface area (Å²) in [6.45, 7) is 5.48. The lowest BCUT2D eigenvalue weighted by Gasteiger charge is -2.35. The number of nitrogens with one attached hydrogen (secondary N) is 1. The van der Waals surface area contributed by atoms with Gasteiger partial charge in [-0.2, -0.15) is 0 Å². The number of thiophene rings is 1. The van der Waals surface area contributed by atoms with Gasteiger partial charge in [-0.15, -0.1) is 11.3 Å². The van der Waals surface area contributed by atoms with Crippen molar-refractivity contribution < 1.29 is 4.74 Å². The topological polar surface area (TPSA) is 21.3 Å². The van der Waals surface area contributed by atoms with Gasteiger partial charge in [-0.05, 0) is 50.8 Å². The van der Waals surface area contributed by atoms with Crippen LogP contribution in [0.2, 0.25) is 0 Å². The van der Waals surface area contributed by atoms with Crippen molar-refractivity contribution in [3.63, 3.8) is 0 Å². The number of ether oxygens (including phenoxy) is 1. The smallest absolute Gasteiger partial charge is 0.0802 e. The normalized spacial score (nSPS) is 19.9. The molecule has 2 rings (SSSR count). The van der Waals surface area contributed by atoms with Gasteiger partial charge in [0.15, 0.2) is 0 Å². The van der Waals surface area contributed by atoms with E-state index in [0.717, 1.165) is 6.54 Å². The fraction of sp³-hybridized carbons (Fsp3) is 0.765. The number of hydrogen-bond acceptors (Lipinski definition) is 3. The predicted molar refractivity (Wildman–Crippen MR) is 87.5 cm³/mol. The first-order chi connectivity index (χ1) is 9.76. The maximum atomic E-state index is 5.96. The Labute approximate surface area is 127 Å². The highest BCUT2D eigenvalue weighted by Crippen LogP contribution is 2.36. The first-order valence-electron chi connectivity index (χ1n) is 8.08. The van der Waals surface area contributed by atoms with Gasteiger partial charge in [-0.25, -0.2) is 0 Å². The summed E-state index contributed by atoms with van der Waals surface area (Å²) in [5.74, 6) is 0.713. The minimum absolute atomic E-state index is 0.319. The van der Waals surface area contributed by atoms with E-state index in [9.17, 15) is 0 Å². The van der Waals surface area contributed by atoms with Crippen LogP contribution >= 0.6 is 11.3 Å². The molecule has 2 nitrogen and oxygen atoms in total. The summed E-state index contributed by atoms with van der Waals surface area (Å²) in [6, 6.07) is 4.87. The summed E-state index contributed by atoms with van der Waals surface area (Å²) in [6.07, 6.45) is 8.28. The van der Waals surface area contributed by atoms with Crippen molar-refractivity contribution in [2.24, 2.45) is 5.92 Å². The monoisotopic (exact) mass is 295 g/mol. The van der Waals surface area contributed by atoms with Crippen LogP contribution in [0.1, 0.15) is 61.2 Å². The zero-order valence-corrected chi connectivity index (χ0v) is 14.0. The van der Waals surface area contributed by atoms with E-state index in [1.54, 1.807) is 0 Å². The molecule has 0 bridgehead atoms. The Balaban J connectivity index is 2.13. The van der Waals surface area contributed by atoms with Gasteiger partial charge in [0.25, 0.3) is 0 Å². The highest BCUT2D eigenvalue weighted by molar-refractivity contribution is 7.12. The molecule has 0 spiro atoms. The Morgan fingerprint density at radius 1 is 1.30 bits per heavy atom. The quantitative estimate of drug-likeness (QED) is 0.787. The summed E-state index contributed by atoms with van der Waals surface area (Å²) in [5.41, 5.74) is 0. The van der Waals surface area contributed by atoms with Crippen LogP contribution < -0.4 is 5.32 Å². The minimum Gasteiger partial charge on any atom is -0.379 e. The summed E-state index contributed by atoms with van der Waals surface area (Å²) in [7, 11) is 1.89. The molecular formula is C17H29NOS. The highest BCUT2D eigenvalue weighted by Gasteiger charge is 2.32. The number of hydrogen-bond donors (Lipinski definition) is 1. The van der Waals surface area contributed by atoms with E-state index in [4.69, 9.17) is 4.74 Å². The zero-order chi connectivity index (χ0) is 14.4. The molecule has 1 aliphatic rings. The Kier molecular flexibility index (Phi) is 6.53. The molecule has 114 valence electrons. The second kappa shape index (κ2) is 8.16. The van der Waals surface area contributed by atoms with Crippen molar-refractivity contribution in [1.82, 2.24) is 5.32 Å². The molecule has 1 aliphatic carbocycles. The van der Waals surface area contributed by atoms with E-state index in [-0.39, 0.29) is 0 Å². The van der Waals surface area contributed by atoms with Gasteiger partial charge in [0.1, 0.15) is 0 Å². The second-order valence-corrected chi connectivity index (χ2v) is 7.30. The Morgan fingerprint density at radius 3 is 2.60 bits per heavy atom. The molecule has 0 amide bonds. The molecule has 1 N–H and O–H groups in total. The molecule has 2 unspecified atom stereocenters. The van der Waals surface area contributed by atoms with Crippen molar-refractivity contribution in [2.45, 2.75) is 64.5 Å². The van der Waals surface area contributed by atoms with Crippen LogP contribution in [-0.2, 0) is 4.74 Å². The molecule has 0 radical (unpaired) electrons. The number of rotatable bonds is 7. The molecule has 0 saturated heterocycles. The minimum atomic E-state index is 0.319. The number of aryl methyl sites for hydroxylation is 1. The highest BCUT2D eigenvalue weighted by atomic mass is 32.1. The molecule has 20 heavy (non-hydrogen) atoms. The average molecular weight is 295 g/mol. The molecule has 1 aromatic heterocycles. The third-order valence-electron chi connectivity index (χ3n) is 4.40. The van der Waals surface area contributed by atoms with Crippen LogP contribution in [0, 0.1) is 12.8 Å². The van der Waals surface area contributed by atoms with Crippen molar-refractivity contribution in [3.05, 3.63) is 21.9 Å². The summed E-state index contributed by atoms with van der Waals surface area (Å²) >= 11 is 1.91. The molecule has 0 aliphatic heterocycles. The summed E-state index contributed by atoms with van der Waals surface area (Å²) in [5, 5.41) is 3.73. The van der Waals surface area contributed by atoms with Crippen molar-refractivity contribution in [1.29, 1.82) is 0 Å². The van der Waals surface area contributed by atoms with Crippen molar-refractivity contribution in [2.75, 3.05) is 13.7 Å². The van der Waals surface area contributed by atoms with Gasteiger partial charge in [0.2, 0.25) is 0 Å². The lowest BCUT2D eigenvalue weighted by atomic mass is 9.82. The molecule has 1 heterocycles. The van der Waals surface area contributed by atoms with Crippen LogP contribution in [0.4, 0.5) is 0 Å². The third kappa shape index (κ3) is 4.06. The fourth-order valence-electron chi connectivity index (χ4n) is 3.36. The Hall–Kier alpha value is -0.380. The van der Waals surface area contributed by atoms with E-state index in [2.05, 4.69) is 31.3 Å². The van der Waals surface area contributed by atoms with Crippen LogP contribution in [0.25, 0.3) is 0 Å². The van der Waals surface area contributed by atoms with Crippen LogP contribution in [-0.4, -0.2) is 19.8 Å². The third-order valence-corrected chi connectivity index (χ3v) is 5.48. The van der Waals surface area contributed by atoms with E-state index in [1.165, 1.54) is 48.3 Å². The molecule has 3 heteroatoms. The van der Waals surface area contributed by atoms with E-state index >= 15 is 0 Å². The largest absolute Gasteiger partial charge is 0.379 e. The van der Waals surface area contributed by atoms with E-state index in [0.29, 0.717) is 18.1 Å². The molecule has 1 fully saturated rings. The average Bonchev–Trinajstić information content (AvgIpc) is 2.90.